The van der Waals surface area contributed by atoms with E-state index < -0.39 is 0 Å². The van der Waals surface area contributed by atoms with Gasteiger partial charge in [-0.15, -0.1) is 11.3 Å². The molecule has 0 unspecified atom stereocenters. The normalized spacial score (nSPS) is 16.3. The van der Waals surface area contributed by atoms with Gasteiger partial charge in [-0.25, -0.2) is 0 Å². The van der Waals surface area contributed by atoms with Gasteiger partial charge in [0.25, 0.3) is 17.7 Å². The maximum atomic E-state index is 13.3. The SMILES string of the molecule is O=C(Nc1cc(C(=O)N2CCCNCC2)ccc1N1CCN(C(=O)c2cccs2)CC1)c1ccccc1. The monoisotopic (exact) mass is 517 g/mol. The number of thiophene rings is 1. The third-order valence-electron chi connectivity index (χ3n) is 6.79. The van der Waals surface area contributed by atoms with Crippen LogP contribution in [-0.4, -0.2) is 79.9 Å². The Bertz CT molecular complexity index is 1230. The molecule has 8 nitrogen and oxygen atoms in total. The van der Waals surface area contributed by atoms with Crippen LogP contribution in [0.4, 0.5) is 11.4 Å². The fourth-order valence-electron chi connectivity index (χ4n) is 4.77. The summed E-state index contributed by atoms with van der Waals surface area (Å²) in [5, 5.41) is 8.29. The van der Waals surface area contributed by atoms with Crippen molar-refractivity contribution >= 4 is 40.4 Å². The molecule has 3 heterocycles. The first-order valence-corrected chi connectivity index (χ1v) is 13.6. The van der Waals surface area contributed by atoms with Crippen molar-refractivity contribution < 1.29 is 14.4 Å². The second-order valence-corrected chi connectivity index (χ2v) is 10.2. The van der Waals surface area contributed by atoms with E-state index in [1.54, 1.807) is 18.2 Å². The first-order chi connectivity index (χ1) is 18.1. The Labute approximate surface area is 220 Å². The second kappa shape index (κ2) is 11.6. The summed E-state index contributed by atoms with van der Waals surface area (Å²) in [5.41, 5.74) is 2.56. The molecule has 3 aromatic rings. The van der Waals surface area contributed by atoms with E-state index in [2.05, 4.69) is 15.5 Å². The van der Waals surface area contributed by atoms with Crippen molar-refractivity contribution in [1.82, 2.24) is 15.1 Å². The van der Waals surface area contributed by atoms with Gasteiger partial charge in [0.05, 0.1) is 16.3 Å². The van der Waals surface area contributed by atoms with Crippen molar-refractivity contribution in [2.75, 3.05) is 62.6 Å². The molecule has 0 atom stereocenters. The lowest BCUT2D eigenvalue weighted by atomic mass is 10.1. The Balaban J connectivity index is 1.37. The number of nitrogens with one attached hydrogen (secondary N) is 2. The highest BCUT2D eigenvalue weighted by Gasteiger charge is 2.26. The molecular formula is C28H31N5O3S. The third-order valence-corrected chi connectivity index (χ3v) is 7.65. The third kappa shape index (κ3) is 5.84. The molecule has 2 aliphatic rings. The van der Waals surface area contributed by atoms with Gasteiger partial charge >= 0.3 is 0 Å². The van der Waals surface area contributed by atoms with E-state index in [1.165, 1.54) is 11.3 Å². The van der Waals surface area contributed by atoms with Crippen LogP contribution in [0.15, 0.2) is 66.0 Å². The van der Waals surface area contributed by atoms with Crippen LogP contribution in [0.1, 0.15) is 36.8 Å². The minimum atomic E-state index is -0.225. The Hall–Kier alpha value is -3.69. The molecule has 37 heavy (non-hydrogen) atoms. The maximum absolute atomic E-state index is 13.3. The maximum Gasteiger partial charge on any atom is 0.264 e. The van der Waals surface area contributed by atoms with Crippen LogP contribution in [0.25, 0.3) is 0 Å². The largest absolute Gasteiger partial charge is 0.366 e. The standard InChI is InChI=1S/C28H31N5O3S/c34-26(21-6-2-1-3-7-21)30-23-20-22(27(35)32-13-5-11-29-12-14-32)9-10-24(23)31-15-17-33(18-16-31)28(36)25-8-4-19-37-25/h1-4,6-10,19-20,29H,5,11-18H2,(H,30,34). The zero-order valence-corrected chi connectivity index (χ0v) is 21.5. The molecule has 0 spiro atoms. The second-order valence-electron chi connectivity index (χ2n) is 9.20. The van der Waals surface area contributed by atoms with Crippen molar-refractivity contribution in [1.29, 1.82) is 0 Å². The number of nitrogens with zero attached hydrogens (tertiary/aromatic N) is 3. The van der Waals surface area contributed by atoms with Gasteiger partial charge in [-0.1, -0.05) is 24.3 Å². The van der Waals surface area contributed by atoms with Gasteiger partial charge < -0.3 is 25.3 Å². The van der Waals surface area contributed by atoms with Gasteiger partial charge in [0.1, 0.15) is 0 Å². The van der Waals surface area contributed by atoms with Gasteiger partial charge in [-0.05, 0) is 54.7 Å². The molecule has 192 valence electrons. The number of hydrogen-bond donors (Lipinski definition) is 2. The van der Waals surface area contributed by atoms with E-state index >= 15 is 0 Å². The Kier molecular flexibility index (Phi) is 7.82. The fourth-order valence-corrected chi connectivity index (χ4v) is 5.46. The number of carbonyl (C=O) groups excluding carboxylic acids is 3. The molecule has 3 amide bonds. The summed E-state index contributed by atoms with van der Waals surface area (Å²) in [6.45, 7) is 5.49. The highest BCUT2D eigenvalue weighted by molar-refractivity contribution is 7.12. The Morgan fingerprint density at radius 2 is 1.54 bits per heavy atom. The van der Waals surface area contributed by atoms with E-state index in [1.807, 2.05) is 57.6 Å². The molecule has 1 aromatic heterocycles. The molecular weight excluding hydrogens is 486 g/mol. The van der Waals surface area contributed by atoms with Crippen molar-refractivity contribution in [3.8, 4) is 0 Å². The van der Waals surface area contributed by atoms with Gasteiger partial charge in [-0.3, -0.25) is 14.4 Å². The lowest BCUT2D eigenvalue weighted by molar-refractivity contribution is 0.0748. The van der Waals surface area contributed by atoms with E-state index in [0.29, 0.717) is 56.1 Å². The van der Waals surface area contributed by atoms with Crippen LogP contribution in [0.3, 0.4) is 0 Å². The number of anilines is 2. The van der Waals surface area contributed by atoms with Crippen molar-refractivity contribution in [3.63, 3.8) is 0 Å². The molecule has 2 saturated heterocycles. The van der Waals surface area contributed by atoms with Crippen molar-refractivity contribution in [2.45, 2.75) is 6.42 Å². The van der Waals surface area contributed by atoms with Crippen molar-refractivity contribution in [3.05, 3.63) is 82.0 Å². The summed E-state index contributed by atoms with van der Waals surface area (Å²) >= 11 is 1.45. The summed E-state index contributed by atoms with van der Waals surface area (Å²) in [7, 11) is 0. The van der Waals surface area contributed by atoms with E-state index in [-0.39, 0.29) is 17.7 Å². The topological polar surface area (TPSA) is 85.0 Å². The number of rotatable bonds is 5. The average molecular weight is 518 g/mol. The summed E-state index contributed by atoms with van der Waals surface area (Å²) in [5.74, 6) is -0.200. The fraction of sp³-hybridized carbons (Fsp3) is 0.321. The Morgan fingerprint density at radius 3 is 2.30 bits per heavy atom. The molecule has 2 fully saturated rings. The van der Waals surface area contributed by atoms with Crippen LogP contribution >= 0.6 is 11.3 Å². The van der Waals surface area contributed by atoms with Crippen LogP contribution in [0, 0.1) is 0 Å². The Morgan fingerprint density at radius 1 is 0.757 bits per heavy atom. The van der Waals surface area contributed by atoms with E-state index in [4.69, 9.17) is 0 Å². The molecule has 0 saturated carbocycles. The number of benzene rings is 2. The minimum Gasteiger partial charge on any atom is -0.366 e. The van der Waals surface area contributed by atoms with Gasteiger partial charge in [0, 0.05) is 56.9 Å². The highest BCUT2D eigenvalue weighted by Crippen LogP contribution is 2.30. The van der Waals surface area contributed by atoms with Crippen LogP contribution in [-0.2, 0) is 0 Å². The molecule has 5 rings (SSSR count). The molecule has 2 N–H and O–H groups in total. The number of carbonyl (C=O) groups is 3. The summed E-state index contributed by atoms with van der Waals surface area (Å²) in [6.07, 6.45) is 0.913. The molecule has 2 aliphatic heterocycles. The predicted molar refractivity (Wildman–Crippen MR) is 147 cm³/mol. The predicted octanol–water partition coefficient (Wildman–Crippen LogP) is 3.40. The summed E-state index contributed by atoms with van der Waals surface area (Å²) in [6, 6.07) is 18.4. The van der Waals surface area contributed by atoms with E-state index in [0.717, 1.165) is 30.1 Å². The van der Waals surface area contributed by atoms with Crippen LogP contribution < -0.4 is 15.5 Å². The average Bonchev–Trinajstić information content (AvgIpc) is 3.35. The molecule has 9 heteroatoms. The first-order valence-electron chi connectivity index (χ1n) is 12.7. The van der Waals surface area contributed by atoms with Gasteiger partial charge in [0.15, 0.2) is 0 Å². The molecule has 0 bridgehead atoms. The number of amides is 3. The highest BCUT2D eigenvalue weighted by atomic mass is 32.1. The lowest BCUT2D eigenvalue weighted by Crippen LogP contribution is -2.48. The number of hydrogen-bond acceptors (Lipinski definition) is 6. The molecule has 0 aliphatic carbocycles. The quantitative estimate of drug-likeness (QED) is 0.542. The first kappa shape index (κ1) is 25.0. The van der Waals surface area contributed by atoms with Gasteiger partial charge in [0.2, 0.25) is 0 Å². The van der Waals surface area contributed by atoms with Crippen LogP contribution in [0.5, 0.6) is 0 Å². The van der Waals surface area contributed by atoms with Gasteiger partial charge in [-0.2, -0.15) is 0 Å². The minimum absolute atomic E-state index is 0.0307. The zero-order valence-electron chi connectivity index (χ0n) is 20.7. The lowest BCUT2D eigenvalue weighted by Gasteiger charge is -2.37. The smallest absolute Gasteiger partial charge is 0.264 e. The molecule has 0 radical (unpaired) electrons. The van der Waals surface area contributed by atoms with Crippen molar-refractivity contribution in [2.24, 2.45) is 0 Å². The number of piperazine rings is 1. The summed E-state index contributed by atoms with van der Waals surface area (Å²) < 4.78 is 0. The molecule has 2 aromatic carbocycles. The zero-order chi connectivity index (χ0) is 25.6. The van der Waals surface area contributed by atoms with E-state index in [9.17, 15) is 14.4 Å². The van der Waals surface area contributed by atoms with Crippen LogP contribution in [0.2, 0.25) is 0 Å². The summed E-state index contributed by atoms with van der Waals surface area (Å²) in [4.78, 5) is 45.8.